The van der Waals surface area contributed by atoms with Crippen molar-refractivity contribution in [2.24, 2.45) is 0 Å². The van der Waals surface area contributed by atoms with Crippen molar-refractivity contribution >= 4 is 59.4 Å². The molecular formula is C18H13B2IO4P. The third-order valence-electron chi connectivity index (χ3n) is 3.90. The maximum absolute atomic E-state index is 9.38. The summed E-state index contributed by atoms with van der Waals surface area (Å²) in [7, 11) is -0.0775. The van der Waals surface area contributed by atoms with Crippen LogP contribution in [0.3, 0.4) is 0 Å². The van der Waals surface area contributed by atoms with Gasteiger partial charge < -0.3 is 18.6 Å². The van der Waals surface area contributed by atoms with Gasteiger partial charge in [-0.25, -0.2) is 0 Å². The highest BCUT2D eigenvalue weighted by molar-refractivity contribution is 14.1. The molecule has 4 nitrogen and oxygen atoms in total. The van der Waals surface area contributed by atoms with Crippen LogP contribution in [0.2, 0.25) is 0 Å². The molecule has 0 aliphatic carbocycles. The van der Waals surface area contributed by atoms with Crippen molar-refractivity contribution in [2.45, 2.75) is 0 Å². The van der Waals surface area contributed by atoms with Crippen LogP contribution >= 0.6 is 31.0 Å². The van der Waals surface area contributed by atoms with Gasteiger partial charge in [0.05, 0.1) is 0 Å². The summed E-state index contributed by atoms with van der Waals surface area (Å²) in [6, 6.07) is 22.6. The highest BCUT2D eigenvalue weighted by Gasteiger charge is 2.30. The van der Waals surface area contributed by atoms with Crippen LogP contribution in [0.4, 0.5) is 0 Å². The van der Waals surface area contributed by atoms with Crippen LogP contribution in [0.25, 0.3) is 0 Å². The molecule has 0 unspecified atom stereocenters. The molecule has 8 heteroatoms. The van der Waals surface area contributed by atoms with E-state index in [-0.39, 0.29) is 10.3 Å². The number of aromatic hydroxyl groups is 1. The Hall–Kier alpha value is -1.69. The first kappa shape index (κ1) is 17.7. The number of benzene rings is 3. The molecule has 1 N–H and O–H groups in total. The highest BCUT2D eigenvalue weighted by Crippen LogP contribution is 2.41. The van der Waals surface area contributed by atoms with Crippen LogP contribution in [0.15, 0.2) is 72.8 Å². The number of phenolic OH excluding ortho intramolecular Hbond substituents is 1. The summed E-state index contributed by atoms with van der Waals surface area (Å²) in [6.07, 6.45) is 0. The van der Waals surface area contributed by atoms with E-state index >= 15 is 0 Å². The molecule has 0 bridgehead atoms. The number of phenols is 1. The quantitative estimate of drug-likeness (QED) is 0.362. The van der Waals surface area contributed by atoms with Gasteiger partial charge in [0.2, 0.25) is 0 Å². The lowest BCUT2D eigenvalue weighted by molar-refractivity contribution is 0.401. The molecule has 0 saturated carbocycles. The van der Waals surface area contributed by atoms with Crippen molar-refractivity contribution in [3.63, 3.8) is 0 Å². The minimum Gasteiger partial charge on any atom is -0.508 e. The maximum atomic E-state index is 9.38. The fourth-order valence-corrected chi connectivity index (χ4v) is 4.61. The third-order valence-corrected chi connectivity index (χ3v) is 6.21. The topological polar surface area (TPSA) is 47.9 Å². The Morgan fingerprint density at radius 1 is 0.846 bits per heavy atom. The second-order valence-electron chi connectivity index (χ2n) is 5.66. The Kier molecular flexibility index (Phi) is 5.38. The van der Waals surface area contributed by atoms with Gasteiger partial charge >= 0.3 is 16.1 Å². The molecule has 0 fully saturated rings. The molecular weight excluding hydrogens is 460 g/mol. The number of para-hydroxylation sites is 2. The first-order valence-corrected chi connectivity index (χ1v) is 10.3. The lowest BCUT2D eigenvalue weighted by atomic mass is 9.63. The smallest absolute Gasteiger partial charge is 0.447 e. The van der Waals surface area contributed by atoms with Gasteiger partial charge in [0, 0.05) is 0 Å². The Balaban J connectivity index is 1.62. The zero-order chi connectivity index (χ0) is 17.9. The van der Waals surface area contributed by atoms with E-state index < -0.39 is 8.60 Å². The molecule has 1 aliphatic heterocycles. The van der Waals surface area contributed by atoms with Gasteiger partial charge in [0.15, 0.2) is 0 Å². The number of hydrogen-bond acceptors (Lipinski definition) is 4. The molecule has 0 saturated heterocycles. The van der Waals surface area contributed by atoms with Gasteiger partial charge in [0.1, 0.15) is 17.2 Å². The van der Waals surface area contributed by atoms with Crippen LogP contribution in [0.1, 0.15) is 0 Å². The zero-order valence-corrected chi connectivity index (χ0v) is 16.6. The molecule has 26 heavy (non-hydrogen) atoms. The van der Waals surface area contributed by atoms with E-state index in [0.29, 0.717) is 0 Å². The molecule has 0 amide bonds. The first-order valence-electron chi connectivity index (χ1n) is 7.98. The van der Waals surface area contributed by atoms with Crippen molar-refractivity contribution < 1.29 is 18.6 Å². The van der Waals surface area contributed by atoms with Crippen molar-refractivity contribution in [3.05, 3.63) is 72.8 Å². The minimum atomic E-state index is -1.66. The SMILES string of the molecule is Oc1ccc([B]OP2Oc3ccccc3B(I)c3ccccc3O2)cc1. The summed E-state index contributed by atoms with van der Waals surface area (Å²) in [5.74, 6) is 1.72. The number of rotatable bonds is 3. The second kappa shape index (κ2) is 7.91. The fourth-order valence-electron chi connectivity index (χ4n) is 2.59. The molecule has 1 radical (unpaired) electrons. The van der Waals surface area contributed by atoms with Crippen LogP contribution in [-0.2, 0) is 4.44 Å². The van der Waals surface area contributed by atoms with E-state index in [1.807, 2.05) is 36.4 Å². The average molecular weight is 473 g/mol. The van der Waals surface area contributed by atoms with E-state index in [4.69, 9.17) is 13.5 Å². The van der Waals surface area contributed by atoms with Crippen molar-refractivity contribution in [2.75, 3.05) is 0 Å². The Morgan fingerprint density at radius 2 is 1.38 bits per heavy atom. The lowest BCUT2D eigenvalue weighted by Crippen LogP contribution is -2.39. The van der Waals surface area contributed by atoms with Gasteiger partial charge in [-0.15, -0.1) is 22.4 Å². The summed E-state index contributed by atoms with van der Waals surface area (Å²) in [6.45, 7) is 0. The monoisotopic (exact) mass is 473 g/mol. The highest BCUT2D eigenvalue weighted by atomic mass is 127. The lowest BCUT2D eigenvalue weighted by Gasteiger charge is -2.25. The van der Waals surface area contributed by atoms with Crippen LogP contribution in [0.5, 0.6) is 17.2 Å². The van der Waals surface area contributed by atoms with Gasteiger partial charge in [0.25, 0.3) is 4.57 Å². The number of hydrogen-bond donors (Lipinski definition) is 1. The Labute approximate surface area is 167 Å². The Bertz CT molecular complexity index is 860. The van der Waals surface area contributed by atoms with Crippen molar-refractivity contribution in [1.82, 2.24) is 0 Å². The van der Waals surface area contributed by atoms with Crippen LogP contribution < -0.4 is 25.4 Å². The molecule has 3 aromatic carbocycles. The first-order chi connectivity index (χ1) is 12.7. The summed E-state index contributed by atoms with van der Waals surface area (Å²) in [5, 5.41) is 9.38. The predicted molar refractivity (Wildman–Crippen MR) is 115 cm³/mol. The van der Waals surface area contributed by atoms with E-state index in [0.717, 1.165) is 27.9 Å². The zero-order valence-electron chi connectivity index (χ0n) is 13.6. The predicted octanol–water partition coefficient (Wildman–Crippen LogP) is 2.89. The van der Waals surface area contributed by atoms with E-state index in [1.54, 1.807) is 31.7 Å². The van der Waals surface area contributed by atoms with Crippen molar-refractivity contribution in [3.8, 4) is 17.2 Å². The summed E-state index contributed by atoms with van der Waals surface area (Å²) in [5.41, 5.74) is 2.99. The molecule has 1 aliphatic rings. The molecule has 0 aromatic heterocycles. The standard InChI is InChI=1S/C18H13B2IO4P/c21-20-15-5-1-3-7-17(15)23-26(24-18-8-4-2-6-16(18)20)25-19-13-9-11-14(22)12-10-13/h1-12,22H. The van der Waals surface area contributed by atoms with Crippen LogP contribution in [-0.4, -0.2) is 17.2 Å². The molecule has 1 heterocycles. The number of halogens is 1. The Morgan fingerprint density at radius 3 is 1.96 bits per heavy atom. The van der Waals surface area contributed by atoms with Gasteiger partial charge in [-0.3, -0.25) is 0 Å². The summed E-state index contributed by atoms with van der Waals surface area (Å²) >= 11 is 2.40. The molecule has 3 aromatic rings. The normalized spacial score (nSPS) is 13.5. The fraction of sp³-hybridized carbons (Fsp3) is 0. The van der Waals surface area contributed by atoms with Crippen LogP contribution in [0, 0.1) is 0 Å². The summed E-state index contributed by atoms with van der Waals surface area (Å²) < 4.78 is 18.0. The molecule has 0 spiro atoms. The third kappa shape index (κ3) is 3.85. The largest absolute Gasteiger partial charge is 0.508 e. The minimum absolute atomic E-state index is 0.123. The molecule has 127 valence electrons. The number of fused-ring (bicyclic) bond motifs is 2. The van der Waals surface area contributed by atoms with Crippen molar-refractivity contribution in [1.29, 1.82) is 0 Å². The average Bonchev–Trinajstić information content (AvgIpc) is 2.66. The van der Waals surface area contributed by atoms with E-state index in [2.05, 4.69) is 34.5 Å². The maximum Gasteiger partial charge on any atom is 0.447 e. The van der Waals surface area contributed by atoms with E-state index in [1.165, 1.54) is 0 Å². The molecule has 4 rings (SSSR count). The molecule has 0 atom stereocenters. The van der Waals surface area contributed by atoms with Gasteiger partial charge in [-0.1, -0.05) is 54.0 Å². The summed E-state index contributed by atoms with van der Waals surface area (Å²) in [4.78, 5) is 0. The van der Waals surface area contributed by atoms with E-state index in [9.17, 15) is 5.11 Å². The second-order valence-corrected chi connectivity index (χ2v) is 7.93. The van der Waals surface area contributed by atoms with Gasteiger partial charge in [-0.05, 0) is 35.2 Å². The van der Waals surface area contributed by atoms with Gasteiger partial charge in [-0.2, -0.15) is 0 Å².